The van der Waals surface area contributed by atoms with Crippen molar-refractivity contribution < 1.29 is 4.74 Å². The van der Waals surface area contributed by atoms with E-state index < -0.39 is 0 Å². The lowest BCUT2D eigenvalue weighted by atomic mass is 9.86. The molecular weight excluding hydrogens is 594 g/mol. The molecular formula is C40H55N7O. The van der Waals surface area contributed by atoms with E-state index in [4.69, 9.17) is 4.74 Å². The third kappa shape index (κ3) is 7.26. The average molecular weight is 650 g/mol. The molecule has 8 heteroatoms. The topological polar surface area (TPSA) is 49.8 Å². The lowest BCUT2D eigenvalue weighted by molar-refractivity contribution is -0.0703. The number of ether oxygens (including phenoxy) is 1. The van der Waals surface area contributed by atoms with Gasteiger partial charge in [0.25, 0.3) is 0 Å². The van der Waals surface area contributed by atoms with Gasteiger partial charge in [0, 0.05) is 56.8 Å². The molecule has 0 spiro atoms. The lowest BCUT2D eigenvalue weighted by Crippen LogP contribution is -2.46. The van der Waals surface area contributed by atoms with Crippen LogP contribution in [0.1, 0.15) is 63.1 Å². The van der Waals surface area contributed by atoms with E-state index in [-0.39, 0.29) is 11.7 Å². The van der Waals surface area contributed by atoms with Gasteiger partial charge < -0.3 is 14.5 Å². The molecule has 3 atom stereocenters. The Morgan fingerprint density at radius 2 is 1.56 bits per heavy atom. The van der Waals surface area contributed by atoms with Gasteiger partial charge in [-0.25, -0.2) is 10.0 Å². The lowest BCUT2D eigenvalue weighted by Gasteiger charge is -2.37. The molecule has 256 valence electrons. The predicted molar refractivity (Wildman–Crippen MR) is 201 cm³/mol. The molecule has 3 aliphatic heterocycles. The average Bonchev–Trinajstić information content (AvgIpc) is 3.74. The highest BCUT2D eigenvalue weighted by Crippen LogP contribution is 2.42. The Morgan fingerprint density at radius 3 is 2.19 bits per heavy atom. The van der Waals surface area contributed by atoms with Gasteiger partial charge >= 0.3 is 0 Å². The third-order valence-corrected chi connectivity index (χ3v) is 10.7. The smallest absolute Gasteiger partial charge is 0.128 e. The molecule has 3 aromatic carbocycles. The van der Waals surface area contributed by atoms with Gasteiger partial charge in [0.1, 0.15) is 17.8 Å². The maximum Gasteiger partial charge on any atom is 0.128 e. The first-order valence-corrected chi connectivity index (χ1v) is 18.0. The van der Waals surface area contributed by atoms with Gasteiger partial charge in [0.2, 0.25) is 0 Å². The standard InChI is InChI=1S/C40H55N7O/c1-7-31(3)47-32(4)46(30-42-47)37-20-18-36(19-21-37)45-27-25-44(26-28-45)35-16-13-33(14-17-35)15-22-38-23-24-40(48-38,29-43(6)41-5)39-12-10-9-11-34(39)8-2/h9-14,16-21,30-31,38,41H,4,7-8,15,22-29H2,1-3,5-6H3. The molecule has 1 N–H and O–H groups in total. The van der Waals surface area contributed by atoms with E-state index in [1.165, 1.54) is 28.1 Å². The Bertz CT molecular complexity index is 1530. The second-order valence-electron chi connectivity index (χ2n) is 13.7. The van der Waals surface area contributed by atoms with Crippen molar-refractivity contribution >= 4 is 23.4 Å². The summed E-state index contributed by atoms with van der Waals surface area (Å²) in [5.41, 5.74) is 10.8. The first-order chi connectivity index (χ1) is 23.3. The molecule has 0 amide bonds. The SMILES string of the molecule is C=C1N(c2ccc(N3CCN(c4ccc(CCC5CCC(CN(C)NC)(c6ccccc6CC)O5)cc4)CC3)cc2)C=NN1C(C)CC. The molecule has 0 saturated carbocycles. The number of benzene rings is 3. The van der Waals surface area contributed by atoms with Crippen LogP contribution in [0.2, 0.25) is 0 Å². The quantitative estimate of drug-likeness (QED) is 0.201. The number of hydrazone groups is 1. The zero-order valence-electron chi connectivity index (χ0n) is 29.7. The van der Waals surface area contributed by atoms with Crippen LogP contribution < -0.4 is 20.1 Å². The summed E-state index contributed by atoms with van der Waals surface area (Å²) in [6.45, 7) is 15.8. The molecule has 3 aromatic rings. The number of aryl methyl sites for hydroxylation is 2. The molecule has 2 fully saturated rings. The monoisotopic (exact) mass is 649 g/mol. The Hall–Kier alpha value is -3.85. The van der Waals surface area contributed by atoms with Crippen molar-refractivity contribution in [3.05, 3.63) is 102 Å². The molecule has 3 aliphatic rings. The van der Waals surface area contributed by atoms with Crippen LogP contribution in [0.15, 0.2) is 90.3 Å². The van der Waals surface area contributed by atoms with Crippen molar-refractivity contribution in [1.29, 1.82) is 0 Å². The third-order valence-electron chi connectivity index (χ3n) is 10.7. The fraction of sp³-hybridized carbons (Fsp3) is 0.475. The summed E-state index contributed by atoms with van der Waals surface area (Å²) >= 11 is 0. The number of hydrazine groups is 1. The van der Waals surface area contributed by atoms with Crippen LogP contribution in [-0.4, -0.2) is 75.3 Å². The molecule has 0 aromatic heterocycles. The maximum atomic E-state index is 6.98. The van der Waals surface area contributed by atoms with E-state index in [1.54, 1.807) is 0 Å². The Labute approximate surface area is 288 Å². The zero-order valence-corrected chi connectivity index (χ0v) is 29.7. The molecule has 0 aliphatic carbocycles. The van der Waals surface area contributed by atoms with Crippen LogP contribution in [0.25, 0.3) is 0 Å². The number of piperazine rings is 1. The molecule has 3 heterocycles. The van der Waals surface area contributed by atoms with Gasteiger partial charge in [-0.15, -0.1) is 0 Å². The first kappa shape index (κ1) is 34.0. The van der Waals surface area contributed by atoms with Crippen molar-refractivity contribution in [1.82, 2.24) is 15.4 Å². The van der Waals surface area contributed by atoms with Gasteiger partial charge in [-0.1, -0.05) is 56.8 Å². The molecule has 0 bridgehead atoms. The number of rotatable bonds is 13. The highest BCUT2D eigenvalue weighted by Gasteiger charge is 2.43. The Kier molecular flexibility index (Phi) is 10.7. The minimum atomic E-state index is -0.268. The summed E-state index contributed by atoms with van der Waals surface area (Å²) in [6.07, 6.45) is 8.42. The van der Waals surface area contributed by atoms with Crippen molar-refractivity contribution in [2.45, 2.75) is 77.0 Å². The molecule has 2 saturated heterocycles. The van der Waals surface area contributed by atoms with E-state index in [1.807, 2.05) is 18.4 Å². The van der Waals surface area contributed by atoms with E-state index >= 15 is 0 Å². The molecule has 6 rings (SSSR count). The Balaban J connectivity index is 0.997. The van der Waals surface area contributed by atoms with Crippen LogP contribution in [0.5, 0.6) is 0 Å². The molecule has 0 radical (unpaired) electrons. The van der Waals surface area contributed by atoms with Crippen molar-refractivity contribution in [3.63, 3.8) is 0 Å². The van der Waals surface area contributed by atoms with Crippen molar-refractivity contribution in [2.75, 3.05) is 61.5 Å². The second-order valence-corrected chi connectivity index (χ2v) is 13.7. The number of hydrogen-bond donors (Lipinski definition) is 1. The van der Waals surface area contributed by atoms with Gasteiger partial charge in [-0.05, 0) is 106 Å². The highest BCUT2D eigenvalue weighted by atomic mass is 16.5. The van der Waals surface area contributed by atoms with Crippen LogP contribution in [-0.2, 0) is 23.2 Å². The molecule has 3 unspecified atom stereocenters. The minimum absolute atomic E-state index is 0.267. The highest BCUT2D eigenvalue weighted by molar-refractivity contribution is 5.85. The van der Waals surface area contributed by atoms with Gasteiger partial charge in [0.15, 0.2) is 0 Å². The maximum absolute atomic E-state index is 6.98. The van der Waals surface area contributed by atoms with Gasteiger partial charge in [0.05, 0.1) is 12.1 Å². The minimum Gasteiger partial charge on any atom is -0.368 e. The zero-order chi connectivity index (χ0) is 33.7. The van der Waals surface area contributed by atoms with E-state index in [0.29, 0.717) is 6.04 Å². The van der Waals surface area contributed by atoms with E-state index in [0.717, 1.165) is 82.8 Å². The number of nitrogens with zero attached hydrogens (tertiary/aromatic N) is 6. The largest absolute Gasteiger partial charge is 0.368 e. The second kappa shape index (κ2) is 15.1. The van der Waals surface area contributed by atoms with Gasteiger partial charge in [-0.3, -0.25) is 10.3 Å². The Morgan fingerprint density at radius 1 is 0.938 bits per heavy atom. The number of anilines is 3. The normalized spacial score (nSPS) is 22.0. The summed E-state index contributed by atoms with van der Waals surface area (Å²) in [6, 6.07) is 27.3. The summed E-state index contributed by atoms with van der Waals surface area (Å²) in [7, 11) is 4.09. The fourth-order valence-electron chi connectivity index (χ4n) is 7.52. The summed E-state index contributed by atoms with van der Waals surface area (Å²) < 4.78 is 6.98. The van der Waals surface area contributed by atoms with Gasteiger partial charge in [-0.2, -0.15) is 5.10 Å². The summed E-state index contributed by atoms with van der Waals surface area (Å²) in [4.78, 5) is 7.07. The summed E-state index contributed by atoms with van der Waals surface area (Å²) in [5.74, 6) is 0.910. The number of likely N-dealkylation sites (N-methyl/N-ethyl adjacent to an activating group) is 1. The van der Waals surface area contributed by atoms with Crippen LogP contribution >= 0.6 is 0 Å². The van der Waals surface area contributed by atoms with Crippen LogP contribution in [0.3, 0.4) is 0 Å². The van der Waals surface area contributed by atoms with Crippen LogP contribution in [0.4, 0.5) is 17.1 Å². The van der Waals surface area contributed by atoms with E-state index in [2.05, 4.69) is 137 Å². The molecule has 8 nitrogen and oxygen atoms in total. The van der Waals surface area contributed by atoms with Crippen molar-refractivity contribution in [2.24, 2.45) is 5.10 Å². The fourth-order valence-corrected chi connectivity index (χ4v) is 7.52. The number of nitrogens with one attached hydrogen (secondary N) is 1. The number of hydrogen-bond acceptors (Lipinski definition) is 8. The summed E-state index contributed by atoms with van der Waals surface area (Å²) in [5, 5.41) is 8.74. The van der Waals surface area contributed by atoms with E-state index in [9.17, 15) is 0 Å². The van der Waals surface area contributed by atoms with Crippen LogP contribution in [0, 0.1) is 0 Å². The van der Waals surface area contributed by atoms with Crippen molar-refractivity contribution in [3.8, 4) is 0 Å². The first-order valence-electron chi connectivity index (χ1n) is 18.0. The molecule has 48 heavy (non-hydrogen) atoms. The predicted octanol–water partition coefficient (Wildman–Crippen LogP) is 6.98.